The molecule has 0 amide bonds. The number of fused-ring (bicyclic) bond motifs is 1. The van der Waals surface area contributed by atoms with Crippen molar-refractivity contribution in [2.75, 3.05) is 49.3 Å². The summed E-state index contributed by atoms with van der Waals surface area (Å²) in [6.07, 6.45) is 5.28. The molecule has 4 aromatic rings. The van der Waals surface area contributed by atoms with Gasteiger partial charge >= 0.3 is 0 Å². The number of hydrogen-bond acceptors (Lipinski definition) is 8. The Morgan fingerprint density at radius 2 is 1.88 bits per heavy atom. The van der Waals surface area contributed by atoms with Gasteiger partial charge < -0.3 is 9.80 Å². The summed E-state index contributed by atoms with van der Waals surface area (Å²) in [6.45, 7) is 4.27. The lowest BCUT2D eigenvalue weighted by molar-refractivity contribution is 0.342. The van der Waals surface area contributed by atoms with Crippen LogP contribution in [0.3, 0.4) is 0 Å². The Bertz CT molecular complexity index is 1800. The number of aromatic nitrogens is 3. The van der Waals surface area contributed by atoms with Gasteiger partial charge in [0.2, 0.25) is 10.0 Å². The van der Waals surface area contributed by atoms with Crippen LogP contribution in [0.1, 0.15) is 30.3 Å². The molecular formula is C28H29F2N7O2S2. The van der Waals surface area contributed by atoms with E-state index >= 15 is 4.39 Å². The zero-order valence-electron chi connectivity index (χ0n) is 22.9. The van der Waals surface area contributed by atoms with Gasteiger partial charge in [-0.3, -0.25) is 4.40 Å². The number of halogens is 2. The van der Waals surface area contributed by atoms with Gasteiger partial charge in [-0.1, -0.05) is 18.3 Å². The number of hydrogen-bond donors (Lipinski definition) is 0. The van der Waals surface area contributed by atoms with Gasteiger partial charge in [-0.15, -0.1) is 0 Å². The number of imidazole rings is 1. The zero-order chi connectivity index (χ0) is 29.1. The van der Waals surface area contributed by atoms with E-state index in [1.807, 2.05) is 25.1 Å². The molecule has 0 saturated carbocycles. The quantitative estimate of drug-likeness (QED) is 0.315. The molecule has 9 nitrogen and oxygen atoms in total. The minimum Gasteiger partial charge on any atom is -0.370 e. The fourth-order valence-corrected chi connectivity index (χ4v) is 7.76. The van der Waals surface area contributed by atoms with Crippen molar-refractivity contribution in [2.45, 2.75) is 26.2 Å². The molecule has 2 fully saturated rings. The molecular weight excluding hydrogens is 568 g/mol. The minimum atomic E-state index is -3.25. The van der Waals surface area contributed by atoms with Crippen LogP contribution < -0.4 is 9.80 Å². The first kappa shape index (κ1) is 27.6. The van der Waals surface area contributed by atoms with Crippen LogP contribution >= 0.6 is 11.3 Å². The first-order chi connectivity index (χ1) is 19.5. The Hall–Kier alpha value is -3.60. The lowest BCUT2D eigenvalue weighted by atomic mass is 9.86. The summed E-state index contributed by atoms with van der Waals surface area (Å²) >= 11 is 1.20. The van der Waals surface area contributed by atoms with Crippen LogP contribution in [0.4, 0.5) is 25.4 Å². The third kappa shape index (κ3) is 4.83. The van der Waals surface area contributed by atoms with Crippen molar-refractivity contribution in [1.29, 1.82) is 5.26 Å². The Balaban J connectivity index is 1.37. The zero-order valence-corrected chi connectivity index (χ0v) is 24.6. The second-order valence-corrected chi connectivity index (χ2v) is 13.8. The van der Waals surface area contributed by atoms with Gasteiger partial charge in [0.05, 0.1) is 17.6 Å². The molecule has 2 aliphatic heterocycles. The van der Waals surface area contributed by atoms with E-state index in [-0.39, 0.29) is 16.9 Å². The number of sulfonamides is 1. The number of thiazole rings is 1. The first-order valence-electron chi connectivity index (χ1n) is 13.3. The summed E-state index contributed by atoms with van der Waals surface area (Å²) in [6, 6.07) is 9.52. The Kier molecular flexibility index (Phi) is 6.75. The highest BCUT2D eigenvalue weighted by molar-refractivity contribution is 7.88. The molecule has 1 spiro atoms. The van der Waals surface area contributed by atoms with Gasteiger partial charge in [-0.25, -0.2) is 31.5 Å². The highest BCUT2D eigenvalue weighted by Gasteiger charge is 2.46. The van der Waals surface area contributed by atoms with Crippen molar-refractivity contribution < 1.29 is 17.2 Å². The smallest absolute Gasteiger partial charge is 0.211 e. The van der Waals surface area contributed by atoms with Gasteiger partial charge in [-0.05, 0) is 43.5 Å². The molecule has 1 unspecified atom stereocenters. The Morgan fingerprint density at radius 1 is 1.15 bits per heavy atom. The van der Waals surface area contributed by atoms with E-state index in [9.17, 15) is 18.1 Å². The number of pyridine rings is 1. The maximum absolute atomic E-state index is 15.6. The normalized spacial score (nSPS) is 19.5. The van der Waals surface area contributed by atoms with E-state index in [0.29, 0.717) is 71.1 Å². The van der Waals surface area contributed by atoms with E-state index in [1.54, 1.807) is 20.8 Å². The predicted octanol–water partition coefficient (Wildman–Crippen LogP) is 4.80. The van der Waals surface area contributed by atoms with Crippen molar-refractivity contribution in [3.63, 3.8) is 0 Å². The highest BCUT2D eigenvalue weighted by atomic mass is 32.2. The molecule has 0 radical (unpaired) electrons. The topological polar surface area (TPSA) is 97.8 Å². The van der Waals surface area contributed by atoms with Gasteiger partial charge in [0.15, 0.2) is 16.6 Å². The van der Waals surface area contributed by atoms with Gasteiger partial charge in [-0.2, -0.15) is 5.26 Å². The fraction of sp³-hybridized carbons (Fsp3) is 0.393. The molecule has 0 bridgehead atoms. The van der Waals surface area contributed by atoms with Crippen molar-refractivity contribution in [1.82, 2.24) is 18.7 Å². The average Bonchev–Trinajstić information content (AvgIpc) is 3.73. The lowest BCUT2D eigenvalue weighted by Crippen LogP contribution is -2.33. The van der Waals surface area contributed by atoms with Crippen LogP contribution in [-0.2, 0) is 16.4 Å². The second kappa shape index (κ2) is 10.0. The summed E-state index contributed by atoms with van der Waals surface area (Å²) in [7, 11) is -1.44. The minimum absolute atomic E-state index is 0.150. The average molecular weight is 598 g/mol. The number of nitrogens with zero attached hydrogens (tertiary/aromatic N) is 7. The van der Waals surface area contributed by atoms with Crippen LogP contribution in [-0.4, -0.2) is 66.6 Å². The van der Waals surface area contributed by atoms with E-state index in [4.69, 9.17) is 4.98 Å². The van der Waals surface area contributed by atoms with Crippen LogP contribution in [0.5, 0.6) is 0 Å². The molecule has 5 heterocycles. The monoisotopic (exact) mass is 597 g/mol. The number of benzene rings is 1. The molecule has 2 saturated heterocycles. The SMILES string of the molecule is CCc1nc2c(F)cc(N3CCC4(CCN(S(C)(=O)=O)C4)C3)cn2c1N(C)c1nc(-c2ccc(F)cc2)c(C#N)s1. The second-order valence-electron chi connectivity index (χ2n) is 10.8. The third-order valence-corrected chi connectivity index (χ3v) is 10.4. The van der Waals surface area contributed by atoms with Gasteiger partial charge in [0.25, 0.3) is 0 Å². The number of rotatable bonds is 6. The van der Waals surface area contributed by atoms with Crippen LogP contribution in [0, 0.1) is 28.4 Å². The molecule has 13 heteroatoms. The fourth-order valence-electron chi connectivity index (χ4n) is 5.98. The molecule has 2 aliphatic rings. The summed E-state index contributed by atoms with van der Waals surface area (Å²) in [4.78, 5) is 13.6. The number of anilines is 3. The summed E-state index contributed by atoms with van der Waals surface area (Å²) in [5, 5.41) is 10.3. The van der Waals surface area contributed by atoms with E-state index in [2.05, 4.69) is 16.0 Å². The highest BCUT2D eigenvalue weighted by Crippen LogP contribution is 2.43. The van der Waals surface area contributed by atoms with Crippen molar-refractivity contribution in [2.24, 2.45) is 5.41 Å². The summed E-state index contributed by atoms with van der Waals surface area (Å²) in [5.41, 5.74) is 2.51. The molecule has 0 aliphatic carbocycles. The lowest BCUT2D eigenvalue weighted by Gasteiger charge is -2.25. The molecule has 6 rings (SSSR count). The predicted molar refractivity (Wildman–Crippen MR) is 155 cm³/mol. The third-order valence-electron chi connectivity index (χ3n) is 8.16. The van der Waals surface area contributed by atoms with E-state index in [1.165, 1.54) is 35.8 Å². The maximum atomic E-state index is 15.6. The number of nitriles is 1. The van der Waals surface area contributed by atoms with Crippen LogP contribution in [0.2, 0.25) is 0 Å². The summed E-state index contributed by atoms with van der Waals surface area (Å²) < 4.78 is 56.6. The Morgan fingerprint density at radius 3 is 2.54 bits per heavy atom. The van der Waals surface area contributed by atoms with Crippen LogP contribution in [0.15, 0.2) is 36.5 Å². The largest absolute Gasteiger partial charge is 0.370 e. The standard InChI is InChI=1S/C28H29F2N7O2S2/c1-4-22-26(34(2)27-33-24(23(14-31)40-27)18-5-7-19(29)8-6-18)37-15-20(13-21(30)25(37)32-22)35-11-9-28(16-35)10-12-36(17-28)41(3,38)39/h5-8,13,15H,4,9-12,16-17H2,1-3H3. The van der Waals surface area contributed by atoms with Crippen molar-refractivity contribution in [3.8, 4) is 17.3 Å². The molecule has 1 atom stereocenters. The Labute approximate surface area is 241 Å². The summed E-state index contributed by atoms with van der Waals surface area (Å²) in [5.74, 6) is -0.184. The van der Waals surface area contributed by atoms with Gasteiger partial charge in [0.1, 0.15) is 28.3 Å². The first-order valence-corrected chi connectivity index (χ1v) is 16.0. The van der Waals surface area contributed by atoms with Crippen molar-refractivity contribution >= 4 is 43.6 Å². The maximum Gasteiger partial charge on any atom is 0.211 e. The molecule has 214 valence electrons. The van der Waals surface area contributed by atoms with E-state index < -0.39 is 15.8 Å². The number of aryl methyl sites for hydroxylation is 1. The van der Waals surface area contributed by atoms with Crippen LogP contribution in [0.25, 0.3) is 16.9 Å². The molecule has 3 aromatic heterocycles. The van der Waals surface area contributed by atoms with Gasteiger partial charge in [0, 0.05) is 56.5 Å². The molecule has 1 aromatic carbocycles. The van der Waals surface area contributed by atoms with Crippen molar-refractivity contribution in [3.05, 3.63) is 58.7 Å². The molecule has 0 N–H and O–H groups in total. The van der Waals surface area contributed by atoms with E-state index in [0.717, 1.165) is 12.8 Å². The molecule has 41 heavy (non-hydrogen) atoms.